The second kappa shape index (κ2) is 8.77. The van der Waals surface area contributed by atoms with Crippen LogP contribution in [-0.4, -0.2) is 68.4 Å². The van der Waals surface area contributed by atoms with Crippen LogP contribution in [0, 0.1) is 6.92 Å². The van der Waals surface area contributed by atoms with E-state index in [2.05, 4.69) is 0 Å². The average molecular weight is 461 g/mol. The van der Waals surface area contributed by atoms with Gasteiger partial charge in [0.1, 0.15) is 15.8 Å². The number of carbonyl (C=O) groups excluding carboxylic acids is 1. The molecule has 2 fully saturated rings. The minimum atomic E-state index is -1.01. The van der Waals surface area contributed by atoms with Crippen molar-refractivity contribution in [1.29, 1.82) is 0 Å². The molecular formula is C20H20N4O5S2. The third kappa shape index (κ3) is 4.21. The molecule has 1 amide bonds. The minimum Gasteiger partial charge on any atom is -0.481 e. The Bertz CT molecular complexity index is 1170. The fourth-order valence-electron chi connectivity index (χ4n) is 3.47. The third-order valence-electron chi connectivity index (χ3n) is 5.07. The minimum absolute atomic E-state index is 0.0121. The maximum absolute atomic E-state index is 13.4. The van der Waals surface area contributed by atoms with Gasteiger partial charge < -0.3 is 14.7 Å². The summed E-state index contributed by atoms with van der Waals surface area (Å²) in [6.45, 7) is 4.07. The number of carboxylic acid groups (broad SMARTS) is 1. The molecule has 0 radical (unpaired) electrons. The molecule has 11 heteroatoms. The van der Waals surface area contributed by atoms with Crippen molar-refractivity contribution in [2.45, 2.75) is 13.3 Å². The topological polar surface area (TPSA) is 104 Å². The van der Waals surface area contributed by atoms with Crippen molar-refractivity contribution < 1.29 is 19.4 Å². The van der Waals surface area contributed by atoms with Gasteiger partial charge in [0.2, 0.25) is 0 Å². The van der Waals surface area contributed by atoms with Crippen molar-refractivity contribution in [3.05, 3.63) is 44.7 Å². The van der Waals surface area contributed by atoms with Gasteiger partial charge in [-0.05, 0) is 24.6 Å². The standard InChI is InChI=1S/C20H20N4O5S2/c1-12-3-2-5-23-16(12)21-17(22-7-9-29-10-8-22)13(18(23)27)11-14-19(28)24(20(30)31-14)6-4-15(25)26/h2-3,5,11H,4,6-10H2,1H3,(H,25,26)/b14-11-. The second-order valence-electron chi connectivity index (χ2n) is 7.12. The number of carbonyl (C=O) groups is 2. The number of morpholine rings is 1. The zero-order chi connectivity index (χ0) is 22.1. The van der Waals surface area contributed by atoms with Crippen molar-refractivity contribution in [2.24, 2.45) is 0 Å². The summed E-state index contributed by atoms with van der Waals surface area (Å²) in [6.07, 6.45) is 2.96. The Morgan fingerprint density at radius 1 is 1.35 bits per heavy atom. The maximum atomic E-state index is 13.4. The molecule has 2 saturated heterocycles. The molecule has 4 rings (SSSR count). The van der Waals surface area contributed by atoms with E-state index in [1.807, 2.05) is 17.9 Å². The summed E-state index contributed by atoms with van der Waals surface area (Å²) in [5, 5.41) is 8.92. The van der Waals surface area contributed by atoms with Crippen molar-refractivity contribution >= 4 is 57.7 Å². The fraction of sp³-hybridized carbons (Fsp3) is 0.350. The van der Waals surface area contributed by atoms with E-state index in [-0.39, 0.29) is 27.8 Å². The molecule has 162 valence electrons. The SMILES string of the molecule is Cc1cccn2c(=O)c(/C=C3\SC(=S)N(CCC(=O)O)C3=O)c(N3CCOCC3)nc12. The molecule has 0 aromatic carbocycles. The molecule has 2 aliphatic rings. The number of thiocarbonyl (C=S) groups is 1. The molecule has 31 heavy (non-hydrogen) atoms. The Kier molecular flexibility index (Phi) is 6.08. The van der Waals surface area contributed by atoms with E-state index < -0.39 is 11.9 Å². The number of nitrogens with zero attached hydrogens (tertiary/aromatic N) is 4. The van der Waals surface area contributed by atoms with Crippen LogP contribution in [-0.2, 0) is 14.3 Å². The summed E-state index contributed by atoms with van der Waals surface area (Å²) < 4.78 is 7.17. The van der Waals surface area contributed by atoms with E-state index in [0.717, 1.165) is 17.3 Å². The normalized spacial score (nSPS) is 18.4. The van der Waals surface area contributed by atoms with Gasteiger partial charge in [-0.25, -0.2) is 4.98 Å². The number of hydrogen-bond acceptors (Lipinski definition) is 8. The predicted octanol–water partition coefficient (Wildman–Crippen LogP) is 1.52. The van der Waals surface area contributed by atoms with Crippen molar-refractivity contribution in [2.75, 3.05) is 37.7 Å². The summed E-state index contributed by atoms with van der Waals surface area (Å²) >= 11 is 6.31. The quantitative estimate of drug-likeness (QED) is 0.525. The van der Waals surface area contributed by atoms with Crippen LogP contribution in [0.4, 0.5) is 5.82 Å². The van der Waals surface area contributed by atoms with Gasteiger partial charge in [0, 0.05) is 25.8 Å². The molecule has 0 saturated carbocycles. The smallest absolute Gasteiger partial charge is 0.305 e. The molecule has 0 aliphatic carbocycles. The predicted molar refractivity (Wildman–Crippen MR) is 121 cm³/mol. The number of carboxylic acids is 1. The van der Waals surface area contributed by atoms with E-state index in [4.69, 9.17) is 27.0 Å². The van der Waals surface area contributed by atoms with Crippen LogP contribution < -0.4 is 10.5 Å². The van der Waals surface area contributed by atoms with Crippen LogP contribution in [0.5, 0.6) is 0 Å². The first kappa shape index (κ1) is 21.5. The Hall–Kier alpha value is -2.76. The summed E-state index contributed by atoms with van der Waals surface area (Å²) in [5.41, 5.74) is 1.43. The first-order valence-electron chi connectivity index (χ1n) is 9.68. The van der Waals surface area contributed by atoms with E-state index in [1.54, 1.807) is 12.3 Å². The summed E-state index contributed by atoms with van der Waals surface area (Å²) in [7, 11) is 0. The Balaban J connectivity index is 1.82. The lowest BCUT2D eigenvalue weighted by molar-refractivity contribution is -0.137. The summed E-state index contributed by atoms with van der Waals surface area (Å²) in [5.74, 6) is -0.920. The second-order valence-corrected chi connectivity index (χ2v) is 8.79. The highest BCUT2D eigenvalue weighted by Gasteiger charge is 2.33. The number of thioether (sulfide) groups is 1. The molecule has 1 N–H and O–H groups in total. The Labute approximate surface area is 187 Å². The van der Waals surface area contributed by atoms with Gasteiger partial charge in [-0.3, -0.25) is 23.7 Å². The van der Waals surface area contributed by atoms with Crippen molar-refractivity contribution in [3.63, 3.8) is 0 Å². The van der Waals surface area contributed by atoms with Gasteiger partial charge >= 0.3 is 5.97 Å². The van der Waals surface area contributed by atoms with Crippen LogP contribution >= 0.6 is 24.0 Å². The molecule has 2 aromatic rings. The largest absolute Gasteiger partial charge is 0.481 e. The Morgan fingerprint density at radius 2 is 2.10 bits per heavy atom. The molecular weight excluding hydrogens is 440 g/mol. The number of rotatable bonds is 5. The molecule has 2 aromatic heterocycles. The van der Waals surface area contributed by atoms with Crippen LogP contribution in [0.25, 0.3) is 11.7 Å². The van der Waals surface area contributed by atoms with Crippen LogP contribution in [0.3, 0.4) is 0 Å². The number of aromatic nitrogens is 2. The highest BCUT2D eigenvalue weighted by atomic mass is 32.2. The van der Waals surface area contributed by atoms with E-state index >= 15 is 0 Å². The van der Waals surface area contributed by atoms with Crippen LogP contribution in [0.2, 0.25) is 0 Å². The number of fused-ring (bicyclic) bond motifs is 1. The van der Waals surface area contributed by atoms with E-state index in [0.29, 0.717) is 43.3 Å². The molecule has 9 nitrogen and oxygen atoms in total. The highest BCUT2D eigenvalue weighted by molar-refractivity contribution is 8.26. The zero-order valence-corrected chi connectivity index (χ0v) is 18.4. The molecule has 0 bridgehead atoms. The average Bonchev–Trinajstić information content (AvgIpc) is 3.02. The Morgan fingerprint density at radius 3 is 2.81 bits per heavy atom. The lowest BCUT2D eigenvalue weighted by Gasteiger charge is -2.29. The first-order chi connectivity index (χ1) is 14.9. The molecule has 0 spiro atoms. The number of aliphatic carboxylic acids is 1. The number of aryl methyl sites for hydroxylation is 1. The van der Waals surface area contributed by atoms with Gasteiger partial charge in [-0.15, -0.1) is 0 Å². The first-order valence-corrected chi connectivity index (χ1v) is 10.9. The molecule has 4 heterocycles. The van der Waals surface area contributed by atoms with Crippen LogP contribution in [0.1, 0.15) is 17.5 Å². The molecule has 2 aliphatic heterocycles. The highest BCUT2D eigenvalue weighted by Crippen LogP contribution is 2.33. The summed E-state index contributed by atoms with van der Waals surface area (Å²) in [6, 6.07) is 3.66. The van der Waals surface area contributed by atoms with E-state index in [1.165, 1.54) is 15.4 Å². The maximum Gasteiger partial charge on any atom is 0.305 e. The molecule has 0 atom stereocenters. The number of pyridine rings is 1. The summed E-state index contributed by atoms with van der Waals surface area (Å²) in [4.78, 5) is 45.4. The van der Waals surface area contributed by atoms with Gasteiger partial charge in [0.15, 0.2) is 0 Å². The van der Waals surface area contributed by atoms with Gasteiger partial charge in [-0.1, -0.05) is 30.0 Å². The van der Waals surface area contributed by atoms with E-state index in [9.17, 15) is 14.4 Å². The van der Waals surface area contributed by atoms with Crippen molar-refractivity contribution in [3.8, 4) is 0 Å². The number of hydrogen-bond donors (Lipinski definition) is 1. The fourth-order valence-corrected chi connectivity index (χ4v) is 4.76. The lowest BCUT2D eigenvalue weighted by Crippen LogP contribution is -2.38. The lowest BCUT2D eigenvalue weighted by atomic mass is 10.2. The number of anilines is 1. The van der Waals surface area contributed by atoms with Crippen LogP contribution in [0.15, 0.2) is 28.0 Å². The van der Waals surface area contributed by atoms with Gasteiger partial charge in [0.05, 0.1) is 30.1 Å². The van der Waals surface area contributed by atoms with Gasteiger partial charge in [-0.2, -0.15) is 0 Å². The number of ether oxygens (including phenoxy) is 1. The van der Waals surface area contributed by atoms with Gasteiger partial charge in [0.25, 0.3) is 11.5 Å². The van der Waals surface area contributed by atoms with Crippen molar-refractivity contribution in [1.82, 2.24) is 14.3 Å². The number of amides is 1. The molecule has 0 unspecified atom stereocenters. The third-order valence-corrected chi connectivity index (χ3v) is 6.45. The zero-order valence-electron chi connectivity index (χ0n) is 16.7. The monoisotopic (exact) mass is 460 g/mol.